The van der Waals surface area contributed by atoms with E-state index in [1.165, 1.54) is 0 Å². The third kappa shape index (κ3) is 5.60. The molecule has 3 atom stereocenters. The highest BCUT2D eigenvalue weighted by Gasteiger charge is 2.38. The lowest BCUT2D eigenvalue weighted by Crippen LogP contribution is -2.45. The van der Waals surface area contributed by atoms with Gasteiger partial charge in [0.15, 0.2) is 5.60 Å². The van der Waals surface area contributed by atoms with Crippen LogP contribution in [0.15, 0.2) is 42.7 Å². The predicted molar refractivity (Wildman–Crippen MR) is 103 cm³/mol. The van der Waals surface area contributed by atoms with E-state index in [1.807, 2.05) is 51.1 Å². The van der Waals surface area contributed by atoms with E-state index in [2.05, 4.69) is 6.58 Å². The van der Waals surface area contributed by atoms with Crippen LogP contribution in [-0.2, 0) is 25.6 Å². The Morgan fingerprint density at radius 2 is 1.73 bits per heavy atom. The summed E-state index contributed by atoms with van der Waals surface area (Å²) >= 11 is 0. The molecular weight excluding hydrogens is 328 g/mol. The molecule has 0 aromatic heterocycles. The fraction of sp³-hybridized carbons (Fsp3) is 0.591. The van der Waals surface area contributed by atoms with Crippen molar-refractivity contribution in [3.05, 3.63) is 48.2 Å². The fourth-order valence-electron chi connectivity index (χ4n) is 3.01. The van der Waals surface area contributed by atoms with E-state index in [0.29, 0.717) is 13.0 Å². The largest absolute Gasteiger partial charge is 0.492 e. The van der Waals surface area contributed by atoms with Gasteiger partial charge in [0.05, 0.1) is 12.4 Å². The van der Waals surface area contributed by atoms with E-state index in [1.54, 1.807) is 0 Å². The Hall–Kier alpha value is -1.81. The molecule has 144 valence electrons. The van der Waals surface area contributed by atoms with Gasteiger partial charge in [0.1, 0.15) is 12.2 Å². The smallest absolute Gasteiger partial charge is 0.338 e. The summed E-state index contributed by atoms with van der Waals surface area (Å²) < 4.78 is 17.8. The maximum absolute atomic E-state index is 12.9. The first kappa shape index (κ1) is 20.5. The number of esters is 1. The zero-order valence-electron chi connectivity index (χ0n) is 16.3. The molecule has 0 saturated heterocycles. The molecule has 0 aliphatic heterocycles. The zero-order chi connectivity index (χ0) is 19.0. The molecule has 1 saturated carbocycles. The normalized spacial score (nSPS) is 22.3. The van der Waals surface area contributed by atoms with Crippen molar-refractivity contribution in [2.45, 2.75) is 83.7 Å². The average Bonchev–Trinajstić information content (AvgIpc) is 2.68. The topological polar surface area (TPSA) is 44.8 Å². The van der Waals surface area contributed by atoms with Gasteiger partial charge in [0.25, 0.3) is 0 Å². The van der Waals surface area contributed by atoms with Crippen molar-refractivity contribution in [2.75, 3.05) is 0 Å². The van der Waals surface area contributed by atoms with Gasteiger partial charge in [0.2, 0.25) is 0 Å². The lowest BCUT2D eigenvalue weighted by molar-refractivity contribution is -0.186. The third-order valence-corrected chi connectivity index (χ3v) is 5.12. The van der Waals surface area contributed by atoms with E-state index in [0.717, 1.165) is 43.4 Å². The van der Waals surface area contributed by atoms with Crippen molar-refractivity contribution >= 4 is 5.97 Å². The van der Waals surface area contributed by atoms with Crippen LogP contribution in [0.4, 0.5) is 0 Å². The summed E-state index contributed by atoms with van der Waals surface area (Å²) in [6.45, 7) is 10.1. The van der Waals surface area contributed by atoms with E-state index in [-0.39, 0.29) is 18.2 Å². The fourth-order valence-corrected chi connectivity index (χ4v) is 3.01. The number of carbonyl (C=O) groups excluding carboxylic acids is 1. The molecule has 1 aliphatic rings. The van der Waals surface area contributed by atoms with Crippen LogP contribution >= 0.6 is 0 Å². The quantitative estimate of drug-likeness (QED) is 0.450. The maximum atomic E-state index is 12.9. The van der Waals surface area contributed by atoms with Gasteiger partial charge in [-0.15, -0.1) is 0 Å². The van der Waals surface area contributed by atoms with Gasteiger partial charge in [-0.25, -0.2) is 4.79 Å². The Morgan fingerprint density at radius 3 is 2.31 bits per heavy atom. The first-order valence-electron chi connectivity index (χ1n) is 9.72. The molecule has 0 radical (unpaired) electrons. The zero-order valence-corrected chi connectivity index (χ0v) is 16.3. The van der Waals surface area contributed by atoms with Crippen LogP contribution in [0.25, 0.3) is 0 Å². The number of carbonyl (C=O) groups is 1. The van der Waals surface area contributed by atoms with Gasteiger partial charge in [-0.2, -0.15) is 0 Å². The highest BCUT2D eigenvalue weighted by molar-refractivity contribution is 5.79. The highest BCUT2D eigenvalue weighted by atomic mass is 16.6. The van der Waals surface area contributed by atoms with Crippen LogP contribution in [0, 0.1) is 0 Å². The van der Waals surface area contributed by atoms with Crippen molar-refractivity contribution in [1.82, 2.24) is 0 Å². The summed E-state index contributed by atoms with van der Waals surface area (Å²) in [6, 6.07) is 9.87. The van der Waals surface area contributed by atoms with E-state index in [9.17, 15) is 4.79 Å². The molecule has 1 aromatic carbocycles. The van der Waals surface area contributed by atoms with Crippen LogP contribution < -0.4 is 0 Å². The second kappa shape index (κ2) is 9.77. The summed E-state index contributed by atoms with van der Waals surface area (Å²) in [5.41, 5.74) is 0.0812. The van der Waals surface area contributed by atoms with Crippen molar-refractivity contribution in [1.29, 1.82) is 0 Å². The van der Waals surface area contributed by atoms with Crippen molar-refractivity contribution < 1.29 is 19.0 Å². The molecule has 4 nitrogen and oxygen atoms in total. The van der Waals surface area contributed by atoms with Gasteiger partial charge in [-0.05, 0) is 44.6 Å². The van der Waals surface area contributed by atoms with E-state index < -0.39 is 5.60 Å². The molecule has 1 fully saturated rings. The summed E-state index contributed by atoms with van der Waals surface area (Å²) in [6.07, 6.45) is 4.84. The van der Waals surface area contributed by atoms with Crippen molar-refractivity contribution in [3.63, 3.8) is 0 Å². The third-order valence-electron chi connectivity index (χ3n) is 5.12. The van der Waals surface area contributed by atoms with Gasteiger partial charge < -0.3 is 14.2 Å². The van der Waals surface area contributed by atoms with Crippen LogP contribution in [-0.4, -0.2) is 23.8 Å². The van der Waals surface area contributed by atoms with Gasteiger partial charge in [-0.3, -0.25) is 0 Å². The molecule has 0 spiro atoms. The lowest BCUT2D eigenvalue weighted by Gasteiger charge is -2.35. The second-order valence-corrected chi connectivity index (χ2v) is 7.14. The second-order valence-electron chi connectivity index (χ2n) is 7.14. The lowest BCUT2D eigenvalue weighted by atomic mass is 9.94. The van der Waals surface area contributed by atoms with Crippen LogP contribution in [0.3, 0.4) is 0 Å². The molecule has 0 N–H and O–H groups in total. The first-order valence-corrected chi connectivity index (χ1v) is 9.72. The van der Waals surface area contributed by atoms with Crippen molar-refractivity contribution in [2.24, 2.45) is 0 Å². The Bertz CT molecular complexity index is 583. The summed E-state index contributed by atoms with van der Waals surface area (Å²) in [5.74, 6) is 0.440. The van der Waals surface area contributed by atoms with E-state index in [4.69, 9.17) is 14.2 Å². The molecule has 26 heavy (non-hydrogen) atoms. The molecule has 1 aliphatic carbocycles. The molecule has 3 unspecified atom stereocenters. The molecule has 1 aromatic rings. The SMILES string of the molecule is C=C(CC)OC1CCCCC1OC(=O)C(C)(CC)OCc1ccccc1. The minimum absolute atomic E-state index is 0.102. The number of allylic oxidation sites excluding steroid dienone is 1. The number of rotatable bonds is 9. The monoisotopic (exact) mass is 360 g/mol. The van der Waals surface area contributed by atoms with Crippen LogP contribution in [0.5, 0.6) is 0 Å². The summed E-state index contributed by atoms with van der Waals surface area (Å²) in [7, 11) is 0. The van der Waals surface area contributed by atoms with Crippen LogP contribution in [0.1, 0.15) is 64.9 Å². The Morgan fingerprint density at radius 1 is 1.12 bits per heavy atom. The highest BCUT2D eigenvalue weighted by Crippen LogP contribution is 2.29. The predicted octanol–water partition coefficient (Wildman–Crippen LogP) is 5.17. The first-order chi connectivity index (χ1) is 12.5. The van der Waals surface area contributed by atoms with Gasteiger partial charge in [-0.1, -0.05) is 50.8 Å². The molecule has 0 amide bonds. The molecule has 2 rings (SSSR count). The number of hydrogen-bond acceptors (Lipinski definition) is 4. The van der Waals surface area contributed by atoms with Crippen LogP contribution in [0.2, 0.25) is 0 Å². The van der Waals surface area contributed by atoms with Crippen molar-refractivity contribution in [3.8, 4) is 0 Å². The van der Waals surface area contributed by atoms with Gasteiger partial charge >= 0.3 is 5.97 Å². The minimum Gasteiger partial charge on any atom is -0.492 e. The minimum atomic E-state index is -0.959. The molecule has 4 heteroatoms. The number of hydrogen-bond donors (Lipinski definition) is 0. The summed E-state index contributed by atoms with van der Waals surface area (Å²) in [4.78, 5) is 12.9. The maximum Gasteiger partial charge on any atom is 0.338 e. The molecular formula is C22H32O4. The Kier molecular flexibility index (Phi) is 7.70. The number of ether oxygens (including phenoxy) is 3. The molecule has 0 bridgehead atoms. The van der Waals surface area contributed by atoms with Gasteiger partial charge in [0, 0.05) is 6.42 Å². The standard InChI is InChI=1S/C22H32O4/c1-5-17(3)25-19-14-10-11-15-20(19)26-21(23)22(4,6-2)24-16-18-12-8-7-9-13-18/h7-9,12-13,19-20H,3,5-6,10-11,14-16H2,1-2,4H3. The van der Waals surface area contributed by atoms with E-state index >= 15 is 0 Å². The molecule has 0 heterocycles. The average molecular weight is 360 g/mol. The number of benzene rings is 1. The summed E-state index contributed by atoms with van der Waals surface area (Å²) in [5, 5.41) is 0. The Balaban J connectivity index is 1.98. The Labute approximate surface area is 157 Å².